The molecule has 3 rings (SSSR count). The smallest absolute Gasteiger partial charge is 0.338 e. The Kier molecular flexibility index (Phi) is 8.78. The number of rotatable bonds is 10. The van der Waals surface area contributed by atoms with E-state index >= 15 is 0 Å². The van der Waals surface area contributed by atoms with Crippen molar-refractivity contribution in [1.29, 1.82) is 0 Å². The summed E-state index contributed by atoms with van der Waals surface area (Å²) in [6, 6.07) is 11.9. The Morgan fingerprint density at radius 3 is 2.59 bits per heavy atom. The molecule has 1 amide bonds. The molecular weight excluding hydrogens is 480 g/mol. The number of amides is 1. The number of methoxy groups -OCH3 is 1. The fraction of sp³-hybridized carbons (Fsp3) is 0.304. The van der Waals surface area contributed by atoms with Crippen LogP contribution in [-0.4, -0.2) is 45.6 Å². The van der Waals surface area contributed by atoms with Gasteiger partial charge in [-0.05, 0) is 44.2 Å². The molecule has 1 heterocycles. The van der Waals surface area contributed by atoms with Gasteiger partial charge in [0.05, 0.1) is 35.2 Å². The molecule has 0 aliphatic heterocycles. The molecule has 9 nitrogen and oxygen atoms in total. The number of para-hydroxylation sites is 2. The number of anilines is 1. The lowest BCUT2D eigenvalue weighted by Gasteiger charge is -2.11. The van der Waals surface area contributed by atoms with E-state index in [-0.39, 0.29) is 24.4 Å². The van der Waals surface area contributed by atoms with E-state index in [1.807, 2.05) is 12.1 Å². The monoisotopic (exact) mass is 504 g/mol. The quantitative estimate of drug-likeness (QED) is 0.321. The summed E-state index contributed by atoms with van der Waals surface area (Å²) in [6.45, 7) is 3.71. The zero-order valence-corrected chi connectivity index (χ0v) is 20.8. The largest absolute Gasteiger partial charge is 0.493 e. The Labute approximate surface area is 206 Å². The maximum Gasteiger partial charge on any atom is 0.338 e. The van der Waals surface area contributed by atoms with Crippen molar-refractivity contribution >= 4 is 40.9 Å². The molecule has 0 aliphatic carbocycles. The summed E-state index contributed by atoms with van der Waals surface area (Å²) in [5.74, 6) is 1.08. The molecule has 0 bridgehead atoms. The fourth-order valence-electron chi connectivity index (χ4n) is 2.82. The summed E-state index contributed by atoms with van der Waals surface area (Å²) in [6.07, 6.45) is -0.256. The Bertz CT molecular complexity index is 1170. The Balaban J connectivity index is 1.57. The van der Waals surface area contributed by atoms with Crippen LogP contribution in [0.5, 0.6) is 11.5 Å². The van der Waals surface area contributed by atoms with Crippen LogP contribution in [0.15, 0.2) is 47.6 Å². The number of aromatic nitrogens is 3. The Morgan fingerprint density at radius 1 is 1.15 bits per heavy atom. The van der Waals surface area contributed by atoms with Gasteiger partial charge in [0.25, 0.3) is 0 Å². The predicted molar refractivity (Wildman–Crippen MR) is 130 cm³/mol. The highest BCUT2D eigenvalue weighted by Crippen LogP contribution is 2.27. The maximum atomic E-state index is 12.5. The molecule has 0 atom stereocenters. The van der Waals surface area contributed by atoms with Gasteiger partial charge in [0.2, 0.25) is 5.91 Å². The minimum atomic E-state index is -0.488. The molecule has 1 aromatic heterocycles. The standard InChI is InChI=1S/C23H25ClN4O5S/c1-14(2)33-22(30)15-9-10-16(24)17(11-15)25-21(29)13-34-23-27-26-20(28(23)3)12-32-19-8-6-5-7-18(19)31-4/h5-11,14H,12-13H2,1-4H3,(H,25,29). The van der Waals surface area contributed by atoms with Crippen molar-refractivity contribution in [2.24, 2.45) is 7.05 Å². The first-order valence-corrected chi connectivity index (χ1v) is 11.7. The lowest BCUT2D eigenvalue weighted by atomic mass is 10.2. The van der Waals surface area contributed by atoms with Crippen molar-refractivity contribution in [1.82, 2.24) is 14.8 Å². The molecule has 2 aromatic carbocycles. The second-order valence-corrected chi connectivity index (χ2v) is 8.73. The highest BCUT2D eigenvalue weighted by molar-refractivity contribution is 7.99. The second kappa shape index (κ2) is 11.8. The van der Waals surface area contributed by atoms with Crippen molar-refractivity contribution in [2.45, 2.75) is 31.7 Å². The van der Waals surface area contributed by atoms with E-state index in [1.165, 1.54) is 23.9 Å². The summed E-state index contributed by atoms with van der Waals surface area (Å²) in [5, 5.41) is 11.9. The minimum Gasteiger partial charge on any atom is -0.493 e. The summed E-state index contributed by atoms with van der Waals surface area (Å²) in [5.41, 5.74) is 0.628. The van der Waals surface area contributed by atoms with Gasteiger partial charge in [-0.3, -0.25) is 4.79 Å². The minimum absolute atomic E-state index is 0.0658. The Morgan fingerprint density at radius 2 is 1.88 bits per heavy atom. The number of nitrogens with one attached hydrogen (secondary N) is 1. The van der Waals surface area contributed by atoms with Crippen LogP contribution in [0.3, 0.4) is 0 Å². The molecule has 180 valence electrons. The van der Waals surface area contributed by atoms with Crippen LogP contribution >= 0.6 is 23.4 Å². The molecule has 0 saturated heterocycles. The van der Waals surface area contributed by atoms with Crippen molar-refractivity contribution in [3.05, 3.63) is 58.9 Å². The van der Waals surface area contributed by atoms with E-state index in [1.54, 1.807) is 50.8 Å². The van der Waals surface area contributed by atoms with Gasteiger partial charge in [-0.25, -0.2) is 4.79 Å². The third kappa shape index (κ3) is 6.64. The number of esters is 1. The van der Waals surface area contributed by atoms with Crippen molar-refractivity contribution in [2.75, 3.05) is 18.2 Å². The Hall–Kier alpha value is -3.24. The fourth-order valence-corrected chi connectivity index (χ4v) is 3.72. The van der Waals surface area contributed by atoms with E-state index < -0.39 is 5.97 Å². The zero-order valence-electron chi connectivity index (χ0n) is 19.2. The first-order chi connectivity index (χ1) is 16.3. The average molecular weight is 505 g/mol. The molecule has 0 radical (unpaired) electrons. The molecule has 3 aromatic rings. The first-order valence-electron chi connectivity index (χ1n) is 10.4. The molecule has 1 N–H and O–H groups in total. The molecule has 0 spiro atoms. The first kappa shape index (κ1) is 25.4. The number of nitrogens with zero attached hydrogens (tertiary/aromatic N) is 3. The zero-order chi connectivity index (χ0) is 24.7. The molecule has 11 heteroatoms. The molecule has 0 aliphatic rings. The number of hydrogen-bond donors (Lipinski definition) is 1. The van der Waals surface area contributed by atoms with Crippen LogP contribution < -0.4 is 14.8 Å². The van der Waals surface area contributed by atoms with Gasteiger partial charge in [0, 0.05) is 7.05 Å². The summed E-state index contributed by atoms with van der Waals surface area (Å²) >= 11 is 7.39. The van der Waals surface area contributed by atoms with E-state index in [2.05, 4.69) is 15.5 Å². The number of hydrogen-bond acceptors (Lipinski definition) is 8. The number of halogens is 1. The molecule has 0 unspecified atom stereocenters. The van der Waals surface area contributed by atoms with Crippen LogP contribution in [-0.2, 0) is 23.2 Å². The van der Waals surface area contributed by atoms with Crippen LogP contribution in [0.25, 0.3) is 0 Å². The number of benzene rings is 2. The van der Waals surface area contributed by atoms with Crippen LogP contribution in [0.4, 0.5) is 5.69 Å². The highest BCUT2D eigenvalue weighted by atomic mass is 35.5. The average Bonchev–Trinajstić information content (AvgIpc) is 3.16. The SMILES string of the molecule is COc1ccccc1OCc1nnc(SCC(=O)Nc2cc(C(=O)OC(C)C)ccc2Cl)n1C. The molecule has 0 fully saturated rings. The second-order valence-electron chi connectivity index (χ2n) is 7.38. The van der Waals surface area contributed by atoms with E-state index in [4.69, 9.17) is 25.8 Å². The summed E-state index contributed by atoms with van der Waals surface area (Å²) in [7, 11) is 3.37. The lowest BCUT2D eigenvalue weighted by Crippen LogP contribution is -2.16. The number of carbonyl (C=O) groups excluding carboxylic acids is 2. The van der Waals surface area contributed by atoms with Gasteiger partial charge in [-0.2, -0.15) is 0 Å². The number of thioether (sulfide) groups is 1. The van der Waals surface area contributed by atoms with Gasteiger partial charge in [0.1, 0.15) is 6.61 Å². The van der Waals surface area contributed by atoms with Gasteiger partial charge >= 0.3 is 5.97 Å². The molecule has 34 heavy (non-hydrogen) atoms. The maximum absolute atomic E-state index is 12.5. The van der Waals surface area contributed by atoms with E-state index in [0.717, 1.165) is 0 Å². The topological polar surface area (TPSA) is 105 Å². The number of carbonyl (C=O) groups is 2. The van der Waals surface area contributed by atoms with E-state index in [9.17, 15) is 9.59 Å². The van der Waals surface area contributed by atoms with Crippen molar-refractivity contribution in [3.63, 3.8) is 0 Å². The number of ether oxygens (including phenoxy) is 3. The van der Waals surface area contributed by atoms with Crippen molar-refractivity contribution in [3.8, 4) is 11.5 Å². The lowest BCUT2D eigenvalue weighted by molar-refractivity contribution is -0.113. The third-order valence-electron chi connectivity index (χ3n) is 4.50. The van der Waals surface area contributed by atoms with Crippen LogP contribution in [0, 0.1) is 0 Å². The summed E-state index contributed by atoms with van der Waals surface area (Å²) < 4.78 is 18.0. The van der Waals surface area contributed by atoms with Gasteiger partial charge in [-0.1, -0.05) is 35.5 Å². The van der Waals surface area contributed by atoms with Crippen molar-refractivity contribution < 1.29 is 23.8 Å². The molecular formula is C23H25ClN4O5S. The van der Waals surface area contributed by atoms with Gasteiger partial charge < -0.3 is 24.1 Å². The normalized spacial score (nSPS) is 10.8. The van der Waals surface area contributed by atoms with Crippen LogP contribution in [0.1, 0.15) is 30.0 Å². The predicted octanol–water partition coefficient (Wildman–Crippen LogP) is 4.35. The summed E-state index contributed by atoms with van der Waals surface area (Å²) in [4.78, 5) is 24.6. The molecule has 0 saturated carbocycles. The van der Waals surface area contributed by atoms with E-state index in [0.29, 0.717) is 38.8 Å². The van der Waals surface area contributed by atoms with Gasteiger partial charge in [-0.15, -0.1) is 10.2 Å². The highest BCUT2D eigenvalue weighted by Gasteiger charge is 2.16. The van der Waals surface area contributed by atoms with Gasteiger partial charge in [0.15, 0.2) is 22.5 Å². The van der Waals surface area contributed by atoms with Crippen LogP contribution in [0.2, 0.25) is 5.02 Å². The third-order valence-corrected chi connectivity index (χ3v) is 5.85.